The number of benzene rings is 2. The van der Waals surface area contributed by atoms with Gasteiger partial charge in [-0.05, 0) is 42.5 Å². The molecule has 0 fully saturated rings. The number of imide groups is 1. The predicted octanol–water partition coefficient (Wildman–Crippen LogP) is 2.55. The van der Waals surface area contributed by atoms with Crippen molar-refractivity contribution in [2.45, 2.75) is 19.3 Å². The molecule has 1 unspecified atom stereocenters. The highest BCUT2D eigenvalue weighted by molar-refractivity contribution is 6.20. The summed E-state index contributed by atoms with van der Waals surface area (Å²) in [6.45, 7) is 0. The van der Waals surface area contributed by atoms with Crippen molar-refractivity contribution in [3.05, 3.63) is 70.8 Å². The number of fused-ring (bicyclic) bond motifs is 2. The summed E-state index contributed by atoms with van der Waals surface area (Å²) in [7, 11) is 0. The number of aryl methyl sites for hydroxylation is 1. The lowest BCUT2D eigenvalue weighted by atomic mass is 9.84. The van der Waals surface area contributed by atoms with Gasteiger partial charge >= 0.3 is 5.97 Å². The first-order chi connectivity index (χ1) is 11.6. The number of amides is 2. The molecule has 5 heteroatoms. The van der Waals surface area contributed by atoms with E-state index in [-0.39, 0.29) is 17.0 Å². The van der Waals surface area contributed by atoms with Crippen LogP contribution in [0.5, 0.6) is 0 Å². The van der Waals surface area contributed by atoms with Crippen LogP contribution in [0.1, 0.15) is 38.3 Å². The van der Waals surface area contributed by atoms with Crippen LogP contribution in [0.25, 0.3) is 0 Å². The van der Waals surface area contributed by atoms with Crippen LogP contribution in [0, 0.1) is 5.92 Å². The molecular weight excluding hydrogens is 306 g/mol. The molecule has 1 atom stereocenters. The van der Waals surface area contributed by atoms with E-state index in [0.717, 1.165) is 12.0 Å². The lowest BCUT2D eigenvalue weighted by molar-refractivity contribution is -0.174. The molecule has 0 saturated carbocycles. The van der Waals surface area contributed by atoms with Crippen molar-refractivity contribution in [2.24, 2.45) is 5.92 Å². The van der Waals surface area contributed by atoms with E-state index in [1.165, 1.54) is 5.56 Å². The summed E-state index contributed by atoms with van der Waals surface area (Å²) in [5.74, 6) is -2.04. The molecule has 2 aromatic carbocycles. The van der Waals surface area contributed by atoms with Crippen molar-refractivity contribution in [3.8, 4) is 0 Å². The van der Waals surface area contributed by atoms with Crippen molar-refractivity contribution >= 4 is 17.8 Å². The smallest absolute Gasteiger partial charge is 0.329 e. The Morgan fingerprint density at radius 1 is 0.917 bits per heavy atom. The van der Waals surface area contributed by atoms with E-state index in [2.05, 4.69) is 6.07 Å². The minimum atomic E-state index is -0.583. The Hall–Kier alpha value is -2.95. The number of carbonyl (C=O) groups excluding carboxylic acids is 3. The maximum absolute atomic E-state index is 12.4. The van der Waals surface area contributed by atoms with Gasteiger partial charge < -0.3 is 4.84 Å². The molecule has 5 nitrogen and oxygen atoms in total. The quantitative estimate of drug-likeness (QED) is 0.798. The van der Waals surface area contributed by atoms with Gasteiger partial charge in [-0.1, -0.05) is 41.5 Å². The molecular formula is C19H15NO4. The molecule has 1 aliphatic heterocycles. The average molecular weight is 321 g/mol. The Labute approximate surface area is 138 Å². The van der Waals surface area contributed by atoms with Gasteiger partial charge in [0.2, 0.25) is 0 Å². The van der Waals surface area contributed by atoms with Gasteiger partial charge in [0.15, 0.2) is 0 Å². The SMILES string of the molecule is O=C(ON1C(=O)c2ccccc2C1=O)C1CCc2ccccc2C1. The molecule has 1 aliphatic carbocycles. The number of nitrogens with zero attached hydrogens (tertiary/aromatic N) is 1. The molecule has 0 N–H and O–H groups in total. The summed E-state index contributed by atoms with van der Waals surface area (Å²) in [5, 5.41) is 0.591. The standard InChI is InChI=1S/C19H15NO4/c21-17-15-7-3-4-8-16(15)18(22)20(17)24-19(23)14-10-9-12-5-1-2-6-13(12)11-14/h1-8,14H,9-11H2. The van der Waals surface area contributed by atoms with E-state index < -0.39 is 17.8 Å². The van der Waals surface area contributed by atoms with Crippen LogP contribution in [0.2, 0.25) is 0 Å². The number of hydroxylamine groups is 2. The highest BCUT2D eigenvalue weighted by Gasteiger charge is 2.40. The van der Waals surface area contributed by atoms with E-state index in [0.29, 0.717) is 17.9 Å². The highest BCUT2D eigenvalue weighted by atomic mass is 16.7. The minimum Gasteiger partial charge on any atom is -0.329 e. The van der Waals surface area contributed by atoms with Gasteiger partial charge in [-0.3, -0.25) is 9.59 Å². The first-order valence-corrected chi connectivity index (χ1v) is 7.91. The van der Waals surface area contributed by atoms with Gasteiger partial charge in [0.05, 0.1) is 17.0 Å². The lowest BCUT2D eigenvalue weighted by Crippen LogP contribution is -2.36. The van der Waals surface area contributed by atoms with Crippen LogP contribution < -0.4 is 0 Å². The van der Waals surface area contributed by atoms with E-state index >= 15 is 0 Å². The molecule has 0 radical (unpaired) electrons. The molecule has 0 saturated heterocycles. The van der Waals surface area contributed by atoms with Crippen molar-refractivity contribution in [1.29, 1.82) is 0 Å². The minimum absolute atomic E-state index is 0.268. The molecule has 2 aromatic rings. The molecule has 2 amide bonds. The molecule has 1 heterocycles. The van der Waals surface area contributed by atoms with Gasteiger partial charge in [-0.25, -0.2) is 4.79 Å². The van der Waals surface area contributed by atoms with Crippen LogP contribution in [-0.2, 0) is 22.5 Å². The zero-order valence-electron chi connectivity index (χ0n) is 12.9. The second-order valence-electron chi connectivity index (χ2n) is 6.07. The average Bonchev–Trinajstić information content (AvgIpc) is 2.86. The van der Waals surface area contributed by atoms with Gasteiger partial charge in [0.25, 0.3) is 11.8 Å². The van der Waals surface area contributed by atoms with Crippen LogP contribution in [0.3, 0.4) is 0 Å². The van der Waals surface area contributed by atoms with Crippen molar-refractivity contribution < 1.29 is 19.2 Å². The van der Waals surface area contributed by atoms with Crippen molar-refractivity contribution in [1.82, 2.24) is 5.06 Å². The van der Waals surface area contributed by atoms with Crippen LogP contribution >= 0.6 is 0 Å². The Morgan fingerprint density at radius 2 is 1.50 bits per heavy atom. The Bertz CT molecular complexity index is 823. The Morgan fingerprint density at radius 3 is 2.17 bits per heavy atom. The van der Waals surface area contributed by atoms with Gasteiger partial charge in [-0.15, -0.1) is 0 Å². The Kier molecular flexibility index (Phi) is 3.41. The number of carbonyl (C=O) groups is 3. The number of hydrogen-bond acceptors (Lipinski definition) is 4. The fraction of sp³-hybridized carbons (Fsp3) is 0.211. The number of hydrogen-bond donors (Lipinski definition) is 0. The van der Waals surface area contributed by atoms with E-state index in [1.54, 1.807) is 24.3 Å². The zero-order valence-corrected chi connectivity index (χ0v) is 12.9. The first-order valence-electron chi connectivity index (χ1n) is 7.91. The summed E-state index contributed by atoms with van der Waals surface area (Å²) >= 11 is 0. The highest BCUT2D eigenvalue weighted by Crippen LogP contribution is 2.28. The lowest BCUT2D eigenvalue weighted by Gasteiger charge is -2.24. The number of rotatable bonds is 2. The Balaban J connectivity index is 1.50. The van der Waals surface area contributed by atoms with Crippen molar-refractivity contribution in [2.75, 3.05) is 0 Å². The van der Waals surface area contributed by atoms with Gasteiger partial charge in [-0.2, -0.15) is 0 Å². The third-order valence-electron chi connectivity index (χ3n) is 4.62. The summed E-state index contributed by atoms with van der Waals surface area (Å²) in [6, 6.07) is 14.4. The largest absolute Gasteiger partial charge is 0.336 e. The molecule has 4 rings (SSSR count). The topological polar surface area (TPSA) is 63.7 Å². The van der Waals surface area contributed by atoms with Gasteiger partial charge in [0, 0.05) is 0 Å². The fourth-order valence-corrected chi connectivity index (χ4v) is 3.31. The van der Waals surface area contributed by atoms with Crippen LogP contribution in [0.15, 0.2) is 48.5 Å². The van der Waals surface area contributed by atoms with E-state index in [1.807, 2.05) is 18.2 Å². The third kappa shape index (κ3) is 2.29. The normalized spacial score (nSPS) is 19.0. The second kappa shape index (κ2) is 5.60. The van der Waals surface area contributed by atoms with Crippen LogP contribution in [-0.4, -0.2) is 22.8 Å². The summed E-state index contributed by atoms with van der Waals surface area (Å²) in [6.07, 6.45) is 2.01. The maximum atomic E-state index is 12.4. The summed E-state index contributed by atoms with van der Waals surface area (Å²) in [5.41, 5.74) is 2.89. The molecule has 0 bridgehead atoms. The summed E-state index contributed by atoms with van der Waals surface area (Å²) in [4.78, 5) is 42.1. The van der Waals surface area contributed by atoms with Gasteiger partial charge in [0.1, 0.15) is 0 Å². The maximum Gasteiger partial charge on any atom is 0.336 e. The summed E-state index contributed by atoms with van der Waals surface area (Å²) < 4.78 is 0. The molecule has 24 heavy (non-hydrogen) atoms. The predicted molar refractivity (Wildman–Crippen MR) is 85.0 cm³/mol. The zero-order chi connectivity index (χ0) is 16.7. The van der Waals surface area contributed by atoms with E-state index in [9.17, 15) is 14.4 Å². The van der Waals surface area contributed by atoms with E-state index in [4.69, 9.17) is 4.84 Å². The first kappa shape index (κ1) is 14.6. The van der Waals surface area contributed by atoms with Crippen molar-refractivity contribution in [3.63, 3.8) is 0 Å². The molecule has 0 aromatic heterocycles. The monoisotopic (exact) mass is 321 g/mol. The molecule has 2 aliphatic rings. The van der Waals surface area contributed by atoms with Crippen LogP contribution in [0.4, 0.5) is 0 Å². The second-order valence-corrected chi connectivity index (χ2v) is 6.07. The molecule has 0 spiro atoms. The molecule has 120 valence electrons. The third-order valence-corrected chi connectivity index (χ3v) is 4.62. The fourth-order valence-electron chi connectivity index (χ4n) is 3.31.